The standard InChI is InChI=1S/C18H21NO3P/c1-15(18(20)22-2)19(14-13-16-9-5-3-6-10-16)23(21)17-11-7-4-8-12-17/h3-12,15H,13-14H2,1-2H3/q+1. The monoisotopic (exact) mass is 330 g/mol. The molecular formula is C18H21NO3P+. The fourth-order valence-corrected chi connectivity index (χ4v) is 3.74. The van der Waals surface area contributed by atoms with Crippen LogP contribution in [0.15, 0.2) is 60.7 Å². The Morgan fingerprint density at radius 3 is 2.22 bits per heavy atom. The molecule has 0 saturated carbocycles. The maximum atomic E-state index is 12.9. The van der Waals surface area contributed by atoms with Crippen molar-refractivity contribution in [2.75, 3.05) is 13.7 Å². The van der Waals surface area contributed by atoms with E-state index >= 15 is 0 Å². The molecule has 0 aliphatic carbocycles. The van der Waals surface area contributed by atoms with E-state index in [0.717, 1.165) is 12.0 Å². The summed E-state index contributed by atoms with van der Waals surface area (Å²) in [5.74, 6) is -0.377. The summed E-state index contributed by atoms with van der Waals surface area (Å²) in [6.07, 6.45) is 0.718. The summed E-state index contributed by atoms with van der Waals surface area (Å²) in [4.78, 5) is 11.9. The summed E-state index contributed by atoms with van der Waals surface area (Å²) in [5.41, 5.74) is 1.14. The third-order valence-corrected chi connectivity index (χ3v) is 5.43. The third kappa shape index (κ3) is 4.72. The molecule has 0 aliphatic heterocycles. The van der Waals surface area contributed by atoms with Crippen molar-refractivity contribution < 1.29 is 14.1 Å². The van der Waals surface area contributed by atoms with Crippen LogP contribution in [0.2, 0.25) is 0 Å². The summed E-state index contributed by atoms with van der Waals surface area (Å²) in [6, 6.07) is 18.6. The second-order valence-corrected chi connectivity index (χ2v) is 6.78. The van der Waals surface area contributed by atoms with Gasteiger partial charge in [0.1, 0.15) is 6.04 Å². The summed E-state index contributed by atoms with van der Waals surface area (Å²) >= 11 is 0. The first-order chi connectivity index (χ1) is 11.1. The molecule has 5 heteroatoms. The van der Waals surface area contributed by atoms with Crippen LogP contribution in [-0.2, 0) is 20.5 Å². The minimum absolute atomic E-state index is 0.377. The van der Waals surface area contributed by atoms with Crippen molar-refractivity contribution in [3.05, 3.63) is 66.2 Å². The van der Waals surface area contributed by atoms with Gasteiger partial charge in [0.25, 0.3) is 0 Å². The molecule has 0 saturated heterocycles. The van der Waals surface area contributed by atoms with Crippen LogP contribution < -0.4 is 5.30 Å². The molecule has 0 aliphatic rings. The minimum atomic E-state index is -1.83. The maximum absolute atomic E-state index is 12.9. The van der Waals surface area contributed by atoms with Gasteiger partial charge in [0, 0.05) is 6.54 Å². The Bertz CT molecular complexity index is 646. The molecule has 0 fully saturated rings. The van der Waals surface area contributed by atoms with Gasteiger partial charge in [0.15, 0.2) is 0 Å². The number of rotatable bonds is 7. The smallest absolute Gasteiger partial charge is 0.468 e. The van der Waals surface area contributed by atoms with E-state index in [9.17, 15) is 9.36 Å². The van der Waals surface area contributed by atoms with Gasteiger partial charge in [-0.3, -0.25) is 4.79 Å². The van der Waals surface area contributed by atoms with Gasteiger partial charge >= 0.3 is 13.9 Å². The van der Waals surface area contributed by atoms with Gasteiger partial charge in [0.2, 0.25) is 5.30 Å². The van der Waals surface area contributed by atoms with E-state index in [4.69, 9.17) is 4.74 Å². The molecule has 0 bridgehead atoms. The van der Waals surface area contributed by atoms with Gasteiger partial charge in [-0.1, -0.05) is 53.2 Å². The predicted octanol–water partition coefficient (Wildman–Crippen LogP) is 3.16. The second kappa shape index (κ2) is 8.56. The van der Waals surface area contributed by atoms with E-state index in [1.54, 1.807) is 11.6 Å². The molecule has 2 rings (SSSR count). The van der Waals surface area contributed by atoms with Crippen LogP contribution >= 0.6 is 7.95 Å². The normalized spacial score (nSPS) is 12.7. The molecule has 2 unspecified atom stereocenters. The lowest BCUT2D eigenvalue weighted by Gasteiger charge is -2.17. The summed E-state index contributed by atoms with van der Waals surface area (Å²) < 4.78 is 19.4. The number of esters is 1. The molecule has 0 N–H and O–H groups in total. The number of carbonyl (C=O) groups is 1. The summed E-state index contributed by atoms with van der Waals surface area (Å²) in [6.45, 7) is 2.25. The molecule has 2 aromatic carbocycles. The quantitative estimate of drug-likeness (QED) is 0.578. The summed E-state index contributed by atoms with van der Waals surface area (Å²) in [5, 5.41) is 0.714. The minimum Gasteiger partial charge on any atom is -0.468 e. The number of methoxy groups -OCH3 is 1. The zero-order chi connectivity index (χ0) is 16.7. The Kier molecular flexibility index (Phi) is 6.45. The van der Waals surface area contributed by atoms with E-state index in [1.807, 2.05) is 60.7 Å². The van der Waals surface area contributed by atoms with Gasteiger partial charge in [0.05, 0.1) is 7.11 Å². The van der Waals surface area contributed by atoms with Crippen LogP contribution in [-0.4, -0.2) is 30.3 Å². The fourth-order valence-electron chi connectivity index (χ4n) is 2.33. The Hall–Kier alpha value is -2.03. The lowest BCUT2D eigenvalue weighted by atomic mass is 10.1. The zero-order valence-corrected chi connectivity index (χ0v) is 14.3. The first-order valence-electron chi connectivity index (χ1n) is 7.54. The number of ether oxygens (including phenoxy) is 1. The number of hydrogen-bond donors (Lipinski definition) is 0. The molecule has 2 aromatic rings. The lowest BCUT2D eigenvalue weighted by molar-refractivity contribution is -0.144. The van der Waals surface area contributed by atoms with E-state index in [1.165, 1.54) is 7.11 Å². The molecule has 2 atom stereocenters. The third-order valence-electron chi connectivity index (χ3n) is 3.67. The van der Waals surface area contributed by atoms with Gasteiger partial charge < -0.3 is 4.74 Å². The first kappa shape index (κ1) is 17.3. The highest BCUT2D eigenvalue weighted by atomic mass is 31.1. The van der Waals surface area contributed by atoms with Crippen molar-refractivity contribution in [3.8, 4) is 0 Å². The molecule has 0 spiro atoms. The molecule has 23 heavy (non-hydrogen) atoms. The van der Waals surface area contributed by atoms with Crippen LogP contribution in [0.3, 0.4) is 0 Å². The van der Waals surface area contributed by atoms with Crippen LogP contribution in [0, 0.1) is 0 Å². The number of nitrogens with zero attached hydrogens (tertiary/aromatic N) is 1. The Morgan fingerprint density at radius 1 is 1.09 bits per heavy atom. The highest BCUT2D eigenvalue weighted by molar-refractivity contribution is 7.51. The van der Waals surface area contributed by atoms with Crippen molar-refractivity contribution in [1.29, 1.82) is 0 Å². The average molecular weight is 330 g/mol. The van der Waals surface area contributed by atoms with Crippen LogP contribution in [0.1, 0.15) is 12.5 Å². The first-order valence-corrected chi connectivity index (χ1v) is 8.75. The zero-order valence-electron chi connectivity index (χ0n) is 13.4. The second-order valence-electron chi connectivity index (χ2n) is 5.21. The fraction of sp³-hybridized carbons (Fsp3) is 0.278. The molecular weight excluding hydrogens is 309 g/mol. The molecule has 120 valence electrons. The van der Waals surface area contributed by atoms with Crippen LogP contribution in [0.4, 0.5) is 0 Å². The predicted molar refractivity (Wildman–Crippen MR) is 92.0 cm³/mol. The topological polar surface area (TPSA) is 46.6 Å². The Labute approximate surface area is 137 Å². The largest absolute Gasteiger partial charge is 0.475 e. The van der Waals surface area contributed by atoms with E-state index in [-0.39, 0.29) is 5.97 Å². The molecule has 0 heterocycles. The molecule has 0 aromatic heterocycles. The Morgan fingerprint density at radius 2 is 1.65 bits per heavy atom. The SMILES string of the molecule is COC(=O)C(C)N(CCc1ccccc1)[P+](=O)c1ccccc1. The van der Waals surface area contributed by atoms with E-state index in [2.05, 4.69) is 0 Å². The number of carbonyl (C=O) groups excluding carboxylic acids is 1. The van der Waals surface area contributed by atoms with Crippen molar-refractivity contribution >= 4 is 19.2 Å². The van der Waals surface area contributed by atoms with E-state index in [0.29, 0.717) is 11.8 Å². The average Bonchev–Trinajstić information content (AvgIpc) is 2.62. The van der Waals surface area contributed by atoms with Crippen molar-refractivity contribution in [2.24, 2.45) is 0 Å². The van der Waals surface area contributed by atoms with Crippen LogP contribution in [0.25, 0.3) is 0 Å². The van der Waals surface area contributed by atoms with Gasteiger partial charge in [-0.15, -0.1) is 0 Å². The molecule has 0 amide bonds. The van der Waals surface area contributed by atoms with E-state index < -0.39 is 14.0 Å². The highest BCUT2D eigenvalue weighted by Gasteiger charge is 2.38. The summed E-state index contributed by atoms with van der Waals surface area (Å²) in [7, 11) is -0.479. The van der Waals surface area contributed by atoms with Gasteiger partial charge in [-0.25, -0.2) is 0 Å². The Balaban J connectivity index is 2.17. The lowest BCUT2D eigenvalue weighted by Crippen LogP contribution is -2.37. The molecule has 0 radical (unpaired) electrons. The van der Waals surface area contributed by atoms with Crippen molar-refractivity contribution in [3.63, 3.8) is 0 Å². The number of benzene rings is 2. The van der Waals surface area contributed by atoms with Crippen molar-refractivity contribution in [2.45, 2.75) is 19.4 Å². The van der Waals surface area contributed by atoms with Gasteiger partial charge in [-0.05, 0) is 35.6 Å². The van der Waals surface area contributed by atoms with Crippen molar-refractivity contribution in [1.82, 2.24) is 4.67 Å². The van der Waals surface area contributed by atoms with Crippen LogP contribution in [0.5, 0.6) is 0 Å². The maximum Gasteiger partial charge on any atom is 0.475 e. The molecule has 4 nitrogen and oxygen atoms in total. The highest BCUT2D eigenvalue weighted by Crippen LogP contribution is 2.29. The number of hydrogen-bond acceptors (Lipinski definition) is 3. The van der Waals surface area contributed by atoms with Gasteiger partial charge in [-0.2, -0.15) is 0 Å².